The van der Waals surface area contributed by atoms with Crippen molar-refractivity contribution in [2.75, 3.05) is 5.75 Å². The largest absolute Gasteiger partial charge is 0.387 e. The quantitative estimate of drug-likeness (QED) is 0.924. The van der Waals surface area contributed by atoms with Crippen LogP contribution in [0.4, 0.5) is 0 Å². The van der Waals surface area contributed by atoms with Gasteiger partial charge in [0.1, 0.15) is 0 Å². The van der Waals surface area contributed by atoms with E-state index in [2.05, 4.69) is 0 Å². The molecule has 1 atom stereocenters. The molecular weight excluding hydrogens is 284 g/mol. The Balaban J connectivity index is 2.14. The zero-order chi connectivity index (χ0) is 15.5. The molecular formula is C17H20O3S. The highest BCUT2D eigenvalue weighted by atomic mass is 32.2. The van der Waals surface area contributed by atoms with Gasteiger partial charge in [0.05, 0.1) is 17.6 Å². The van der Waals surface area contributed by atoms with Gasteiger partial charge in [-0.2, -0.15) is 0 Å². The molecule has 21 heavy (non-hydrogen) atoms. The van der Waals surface area contributed by atoms with Gasteiger partial charge in [0.2, 0.25) is 0 Å². The van der Waals surface area contributed by atoms with Crippen LogP contribution in [0.5, 0.6) is 0 Å². The van der Waals surface area contributed by atoms with Gasteiger partial charge in [-0.25, -0.2) is 8.42 Å². The van der Waals surface area contributed by atoms with Crippen LogP contribution in [-0.2, 0) is 15.6 Å². The van der Waals surface area contributed by atoms with Crippen molar-refractivity contribution in [3.05, 3.63) is 70.8 Å². The second-order valence-electron chi connectivity index (χ2n) is 5.41. The second kappa shape index (κ2) is 6.41. The van der Waals surface area contributed by atoms with Crippen LogP contribution in [0.2, 0.25) is 0 Å². The second-order valence-corrected chi connectivity index (χ2v) is 7.52. The van der Waals surface area contributed by atoms with Crippen LogP contribution in [0.25, 0.3) is 0 Å². The molecule has 0 fully saturated rings. The van der Waals surface area contributed by atoms with Crippen LogP contribution in [0.1, 0.15) is 28.4 Å². The Hall–Kier alpha value is -1.65. The number of hydrogen-bond donors (Lipinski definition) is 1. The summed E-state index contributed by atoms with van der Waals surface area (Å²) in [6.45, 7) is 3.84. The number of hydrogen-bond acceptors (Lipinski definition) is 3. The minimum Gasteiger partial charge on any atom is -0.387 e. The van der Waals surface area contributed by atoms with E-state index in [4.69, 9.17) is 0 Å². The Kier molecular flexibility index (Phi) is 4.80. The smallest absolute Gasteiger partial charge is 0.157 e. The van der Waals surface area contributed by atoms with Gasteiger partial charge in [0.15, 0.2) is 9.84 Å². The van der Waals surface area contributed by atoms with E-state index in [9.17, 15) is 13.5 Å². The van der Waals surface area contributed by atoms with E-state index in [0.717, 1.165) is 16.7 Å². The number of aryl methyl sites for hydroxylation is 2. The molecule has 0 aliphatic rings. The fourth-order valence-corrected chi connectivity index (χ4v) is 3.84. The maximum atomic E-state index is 12.3. The fraction of sp³-hybridized carbons (Fsp3) is 0.294. The maximum Gasteiger partial charge on any atom is 0.157 e. The summed E-state index contributed by atoms with van der Waals surface area (Å²) in [7, 11) is -3.37. The molecule has 2 aromatic rings. The minimum atomic E-state index is -3.37. The van der Waals surface area contributed by atoms with Crippen LogP contribution in [0, 0.1) is 13.8 Å². The lowest BCUT2D eigenvalue weighted by atomic mass is 10.1. The van der Waals surface area contributed by atoms with Gasteiger partial charge in [-0.1, -0.05) is 54.1 Å². The molecule has 0 aromatic heterocycles. The molecule has 0 aliphatic carbocycles. The molecule has 0 radical (unpaired) electrons. The Morgan fingerprint density at radius 2 is 1.71 bits per heavy atom. The lowest BCUT2D eigenvalue weighted by Gasteiger charge is -2.13. The molecule has 2 aromatic carbocycles. The van der Waals surface area contributed by atoms with Gasteiger partial charge >= 0.3 is 0 Å². The van der Waals surface area contributed by atoms with E-state index in [-0.39, 0.29) is 11.5 Å². The summed E-state index contributed by atoms with van der Waals surface area (Å²) in [5, 5.41) is 10.1. The predicted molar refractivity (Wildman–Crippen MR) is 84.8 cm³/mol. The molecule has 112 valence electrons. The lowest BCUT2D eigenvalue weighted by molar-refractivity contribution is 0.201. The third kappa shape index (κ3) is 4.41. The molecule has 1 N–H and O–H groups in total. The number of rotatable bonds is 5. The van der Waals surface area contributed by atoms with E-state index in [0.29, 0.717) is 5.56 Å². The standard InChI is InChI=1S/C17H20O3S/c1-13-8-9-14(2)16(10-13)11-21(19,20)12-17(18)15-6-4-3-5-7-15/h3-10,17-18H,11-12H2,1-2H3. The SMILES string of the molecule is Cc1ccc(C)c(CS(=O)(=O)CC(O)c2ccccc2)c1. The van der Waals surface area contributed by atoms with E-state index in [1.807, 2.05) is 38.1 Å². The van der Waals surface area contributed by atoms with Crippen molar-refractivity contribution in [3.8, 4) is 0 Å². The predicted octanol–water partition coefficient (Wildman–Crippen LogP) is 2.95. The zero-order valence-corrected chi connectivity index (χ0v) is 13.1. The Morgan fingerprint density at radius 1 is 1.05 bits per heavy atom. The van der Waals surface area contributed by atoms with Gasteiger partial charge < -0.3 is 5.11 Å². The van der Waals surface area contributed by atoms with Crippen molar-refractivity contribution < 1.29 is 13.5 Å². The van der Waals surface area contributed by atoms with Crippen LogP contribution < -0.4 is 0 Å². The number of sulfone groups is 1. The highest BCUT2D eigenvalue weighted by Crippen LogP contribution is 2.19. The van der Waals surface area contributed by atoms with Crippen molar-refractivity contribution in [1.29, 1.82) is 0 Å². The van der Waals surface area contributed by atoms with Crippen molar-refractivity contribution in [2.24, 2.45) is 0 Å². The summed E-state index contributed by atoms with van der Waals surface area (Å²) >= 11 is 0. The van der Waals surface area contributed by atoms with Crippen molar-refractivity contribution >= 4 is 9.84 Å². The summed E-state index contributed by atoms with van der Waals surface area (Å²) in [5.41, 5.74) is 3.42. The minimum absolute atomic E-state index is 0.0373. The monoisotopic (exact) mass is 304 g/mol. The Morgan fingerprint density at radius 3 is 2.38 bits per heavy atom. The maximum absolute atomic E-state index is 12.3. The first-order chi connectivity index (χ1) is 9.87. The fourth-order valence-electron chi connectivity index (χ4n) is 2.26. The molecule has 3 nitrogen and oxygen atoms in total. The Labute approximate surface area is 126 Å². The molecule has 0 aliphatic heterocycles. The van der Waals surface area contributed by atoms with Gasteiger partial charge in [-0.05, 0) is 30.5 Å². The first-order valence-corrected chi connectivity index (χ1v) is 8.69. The van der Waals surface area contributed by atoms with Crippen molar-refractivity contribution in [2.45, 2.75) is 25.7 Å². The first kappa shape index (κ1) is 15.7. The summed E-state index contributed by atoms with van der Waals surface area (Å²) in [6, 6.07) is 14.7. The van der Waals surface area contributed by atoms with Crippen LogP contribution >= 0.6 is 0 Å². The Bertz CT molecular complexity index is 706. The normalized spacial score (nSPS) is 13.1. The average molecular weight is 304 g/mol. The molecule has 0 heterocycles. The van der Waals surface area contributed by atoms with Crippen LogP contribution in [-0.4, -0.2) is 19.3 Å². The van der Waals surface area contributed by atoms with Gasteiger partial charge in [-0.3, -0.25) is 0 Å². The highest BCUT2D eigenvalue weighted by Gasteiger charge is 2.20. The molecule has 0 saturated heterocycles. The molecule has 2 rings (SSSR count). The lowest BCUT2D eigenvalue weighted by Crippen LogP contribution is -2.17. The molecule has 0 bridgehead atoms. The van der Waals surface area contributed by atoms with Gasteiger partial charge in [0, 0.05) is 0 Å². The zero-order valence-electron chi connectivity index (χ0n) is 12.3. The molecule has 1 unspecified atom stereocenters. The molecule has 0 amide bonds. The van der Waals surface area contributed by atoms with E-state index in [1.54, 1.807) is 24.3 Å². The first-order valence-electron chi connectivity index (χ1n) is 6.87. The highest BCUT2D eigenvalue weighted by molar-refractivity contribution is 7.90. The molecule has 0 saturated carbocycles. The topological polar surface area (TPSA) is 54.4 Å². The van der Waals surface area contributed by atoms with Crippen LogP contribution in [0.3, 0.4) is 0 Å². The third-order valence-corrected chi connectivity index (χ3v) is 5.05. The molecule has 0 spiro atoms. The van der Waals surface area contributed by atoms with E-state index < -0.39 is 15.9 Å². The van der Waals surface area contributed by atoms with Gasteiger partial charge in [0.25, 0.3) is 0 Å². The van der Waals surface area contributed by atoms with Gasteiger partial charge in [-0.15, -0.1) is 0 Å². The van der Waals surface area contributed by atoms with Crippen molar-refractivity contribution in [3.63, 3.8) is 0 Å². The number of aliphatic hydroxyl groups excluding tert-OH is 1. The van der Waals surface area contributed by atoms with Crippen LogP contribution in [0.15, 0.2) is 48.5 Å². The number of aliphatic hydroxyl groups is 1. The van der Waals surface area contributed by atoms with E-state index in [1.165, 1.54) is 0 Å². The summed E-state index contributed by atoms with van der Waals surface area (Å²) in [6.07, 6.45) is -0.985. The third-order valence-electron chi connectivity index (χ3n) is 3.48. The average Bonchev–Trinajstić information content (AvgIpc) is 2.43. The summed E-state index contributed by atoms with van der Waals surface area (Å²) < 4.78 is 24.6. The number of benzene rings is 2. The summed E-state index contributed by atoms with van der Waals surface area (Å²) in [5.74, 6) is -0.297. The summed E-state index contributed by atoms with van der Waals surface area (Å²) in [4.78, 5) is 0. The van der Waals surface area contributed by atoms with Crippen molar-refractivity contribution in [1.82, 2.24) is 0 Å². The molecule has 4 heteroatoms. The van der Waals surface area contributed by atoms with E-state index >= 15 is 0 Å².